The molecule has 0 spiro atoms. The minimum atomic E-state index is -0.579. The number of anilines is 1. The number of amides is 1. The number of pyridine rings is 1. The van der Waals surface area contributed by atoms with Gasteiger partial charge in [0.1, 0.15) is 17.9 Å². The van der Waals surface area contributed by atoms with Gasteiger partial charge in [0.05, 0.1) is 24.9 Å². The first kappa shape index (κ1) is 18.7. The van der Waals surface area contributed by atoms with E-state index in [0.717, 1.165) is 5.56 Å². The summed E-state index contributed by atoms with van der Waals surface area (Å²) in [5.41, 5.74) is 1.96. The maximum absolute atomic E-state index is 12.4. The standard InChI is InChI=1S/C20H22N2O5/c1-20(2,3)27-19(24)22-11-12-26-17-16(22)10-9-15(21-17)13-5-7-14(8-6-13)18(23)25-4/h5-10H,11-12H2,1-4H3. The zero-order chi connectivity index (χ0) is 19.6. The van der Waals surface area contributed by atoms with Crippen LogP contribution in [0, 0.1) is 0 Å². The number of benzene rings is 1. The van der Waals surface area contributed by atoms with Crippen molar-refractivity contribution in [3.05, 3.63) is 42.0 Å². The fourth-order valence-corrected chi connectivity index (χ4v) is 2.66. The fourth-order valence-electron chi connectivity index (χ4n) is 2.66. The van der Waals surface area contributed by atoms with Crippen LogP contribution in [0.1, 0.15) is 31.1 Å². The largest absolute Gasteiger partial charge is 0.474 e. The highest BCUT2D eigenvalue weighted by Crippen LogP contribution is 2.33. The summed E-state index contributed by atoms with van der Waals surface area (Å²) in [5.74, 6) is -0.0158. The second-order valence-corrected chi connectivity index (χ2v) is 7.07. The number of rotatable bonds is 2. The zero-order valence-corrected chi connectivity index (χ0v) is 15.8. The van der Waals surface area contributed by atoms with E-state index in [1.165, 1.54) is 12.0 Å². The number of hydrogen-bond donors (Lipinski definition) is 0. The van der Waals surface area contributed by atoms with Gasteiger partial charge >= 0.3 is 12.1 Å². The Hall–Kier alpha value is -3.09. The summed E-state index contributed by atoms with van der Waals surface area (Å²) in [6, 6.07) is 10.5. The van der Waals surface area contributed by atoms with Gasteiger partial charge in [0.25, 0.3) is 0 Å². The maximum atomic E-state index is 12.4. The Kier molecular flexibility index (Phi) is 5.03. The number of esters is 1. The van der Waals surface area contributed by atoms with Gasteiger partial charge < -0.3 is 14.2 Å². The minimum absolute atomic E-state index is 0.337. The normalized spacial score (nSPS) is 13.4. The number of aromatic nitrogens is 1. The van der Waals surface area contributed by atoms with Crippen molar-refractivity contribution in [2.75, 3.05) is 25.2 Å². The molecule has 0 radical (unpaired) electrons. The molecule has 0 bridgehead atoms. The van der Waals surface area contributed by atoms with Gasteiger partial charge in [0.15, 0.2) is 0 Å². The Balaban J connectivity index is 1.86. The van der Waals surface area contributed by atoms with Crippen LogP contribution in [0.2, 0.25) is 0 Å². The van der Waals surface area contributed by atoms with E-state index in [1.807, 2.05) is 20.8 Å². The van der Waals surface area contributed by atoms with Crippen molar-refractivity contribution in [1.29, 1.82) is 0 Å². The summed E-state index contributed by atoms with van der Waals surface area (Å²) < 4.78 is 15.8. The van der Waals surface area contributed by atoms with E-state index in [1.54, 1.807) is 36.4 Å². The highest BCUT2D eigenvalue weighted by Gasteiger charge is 2.29. The number of carbonyl (C=O) groups excluding carboxylic acids is 2. The first-order valence-electron chi connectivity index (χ1n) is 8.61. The van der Waals surface area contributed by atoms with Crippen LogP contribution in [0.4, 0.5) is 10.5 Å². The van der Waals surface area contributed by atoms with Crippen molar-refractivity contribution >= 4 is 17.7 Å². The lowest BCUT2D eigenvalue weighted by molar-refractivity contribution is 0.0564. The van der Waals surface area contributed by atoms with Gasteiger partial charge in [-0.05, 0) is 45.0 Å². The van der Waals surface area contributed by atoms with E-state index in [9.17, 15) is 9.59 Å². The summed E-state index contributed by atoms with van der Waals surface area (Å²) in [5, 5.41) is 0. The third-order valence-corrected chi connectivity index (χ3v) is 3.90. The van der Waals surface area contributed by atoms with Crippen LogP contribution in [-0.2, 0) is 9.47 Å². The van der Waals surface area contributed by atoms with E-state index in [-0.39, 0.29) is 0 Å². The molecule has 0 N–H and O–H groups in total. The van der Waals surface area contributed by atoms with Crippen LogP contribution >= 0.6 is 0 Å². The van der Waals surface area contributed by atoms with Crippen molar-refractivity contribution < 1.29 is 23.8 Å². The zero-order valence-electron chi connectivity index (χ0n) is 15.8. The van der Waals surface area contributed by atoms with Crippen LogP contribution in [0.15, 0.2) is 36.4 Å². The van der Waals surface area contributed by atoms with E-state index in [0.29, 0.717) is 36.0 Å². The predicted octanol–water partition coefficient (Wildman–Crippen LogP) is 3.67. The lowest BCUT2D eigenvalue weighted by Crippen LogP contribution is -2.41. The molecule has 142 valence electrons. The topological polar surface area (TPSA) is 78.0 Å². The van der Waals surface area contributed by atoms with Crippen LogP contribution < -0.4 is 9.64 Å². The van der Waals surface area contributed by atoms with Crippen LogP contribution in [0.25, 0.3) is 11.3 Å². The van der Waals surface area contributed by atoms with Crippen LogP contribution in [-0.4, -0.2) is 42.9 Å². The quantitative estimate of drug-likeness (QED) is 0.751. The Labute approximate surface area is 157 Å². The molecule has 1 aliphatic rings. The number of methoxy groups -OCH3 is 1. The summed E-state index contributed by atoms with van der Waals surface area (Å²) in [7, 11) is 1.34. The molecule has 0 fully saturated rings. The summed E-state index contributed by atoms with van der Waals surface area (Å²) >= 11 is 0. The molecule has 0 atom stereocenters. The molecule has 1 amide bonds. The van der Waals surface area contributed by atoms with E-state index in [4.69, 9.17) is 14.2 Å². The van der Waals surface area contributed by atoms with Gasteiger partial charge in [-0.3, -0.25) is 4.90 Å². The van der Waals surface area contributed by atoms with Crippen molar-refractivity contribution in [1.82, 2.24) is 4.98 Å². The Bertz CT molecular complexity index is 856. The lowest BCUT2D eigenvalue weighted by Gasteiger charge is -2.31. The van der Waals surface area contributed by atoms with Gasteiger partial charge in [-0.1, -0.05) is 12.1 Å². The average Bonchev–Trinajstić information content (AvgIpc) is 2.65. The number of ether oxygens (including phenoxy) is 3. The average molecular weight is 370 g/mol. The van der Waals surface area contributed by atoms with Gasteiger partial charge in [-0.25, -0.2) is 14.6 Å². The Morgan fingerprint density at radius 2 is 1.81 bits per heavy atom. The smallest absolute Gasteiger partial charge is 0.415 e. The molecule has 0 saturated heterocycles. The number of carbonyl (C=O) groups is 2. The molecule has 0 saturated carbocycles. The number of hydrogen-bond acceptors (Lipinski definition) is 6. The summed E-state index contributed by atoms with van der Waals surface area (Å²) in [4.78, 5) is 30.0. The molecule has 7 heteroatoms. The van der Waals surface area contributed by atoms with Gasteiger partial charge in [-0.2, -0.15) is 0 Å². The highest BCUT2D eigenvalue weighted by molar-refractivity contribution is 5.91. The van der Waals surface area contributed by atoms with Crippen LogP contribution in [0.3, 0.4) is 0 Å². The first-order valence-corrected chi connectivity index (χ1v) is 8.61. The van der Waals surface area contributed by atoms with Crippen molar-refractivity contribution in [2.24, 2.45) is 0 Å². The number of nitrogens with zero attached hydrogens (tertiary/aromatic N) is 2. The van der Waals surface area contributed by atoms with Crippen molar-refractivity contribution in [3.8, 4) is 17.1 Å². The molecule has 2 heterocycles. The molecule has 0 aliphatic carbocycles. The fraction of sp³-hybridized carbons (Fsp3) is 0.350. The third-order valence-electron chi connectivity index (χ3n) is 3.90. The van der Waals surface area contributed by atoms with E-state index in [2.05, 4.69) is 4.98 Å². The van der Waals surface area contributed by atoms with E-state index >= 15 is 0 Å². The highest BCUT2D eigenvalue weighted by atomic mass is 16.6. The first-order chi connectivity index (χ1) is 12.8. The molecular formula is C20H22N2O5. The Morgan fingerprint density at radius 1 is 1.11 bits per heavy atom. The molecule has 2 aromatic rings. The molecule has 0 unspecified atom stereocenters. The van der Waals surface area contributed by atoms with Gasteiger partial charge in [0.2, 0.25) is 5.88 Å². The third kappa shape index (κ3) is 4.19. The molecule has 1 aromatic heterocycles. The summed E-state index contributed by atoms with van der Waals surface area (Å²) in [6.45, 7) is 6.21. The second-order valence-electron chi connectivity index (χ2n) is 7.07. The molecule has 1 aromatic carbocycles. The predicted molar refractivity (Wildman–Crippen MR) is 100 cm³/mol. The van der Waals surface area contributed by atoms with Gasteiger partial charge in [0, 0.05) is 5.56 Å². The van der Waals surface area contributed by atoms with Crippen molar-refractivity contribution in [2.45, 2.75) is 26.4 Å². The minimum Gasteiger partial charge on any atom is -0.474 e. The second kappa shape index (κ2) is 7.26. The number of fused-ring (bicyclic) bond motifs is 1. The van der Waals surface area contributed by atoms with Gasteiger partial charge in [-0.15, -0.1) is 0 Å². The monoisotopic (exact) mass is 370 g/mol. The molecule has 7 nitrogen and oxygen atoms in total. The Morgan fingerprint density at radius 3 is 2.44 bits per heavy atom. The van der Waals surface area contributed by atoms with Crippen LogP contribution in [0.5, 0.6) is 5.88 Å². The van der Waals surface area contributed by atoms with E-state index < -0.39 is 17.7 Å². The molecular weight excluding hydrogens is 348 g/mol. The molecule has 27 heavy (non-hydrogen) atoms. The SMILES string of the molecule is COC(=O)c1ccc(-c2ccc3c(n2)OCCN3C(=O)OC(C)(C)C)cc1. The molecule has 1 aliphatic heterocycles. The van der Waals surface area contributed by atoms with Crippen molar-refractivity contribution in [3.63, 3.8) is 0 Å². The molecule has 3 rings (SSSR count). The lowest BCUT2D eigenvalue weighted by atomic mass is 10.1. The maximum Gasteiger partial charge on any atom is 0.415 e. The summed E-state index contributed by atoms with van der Waals surface area (Å²) in [6.07, 6.45) is -0.427.